The fourth-order valence-corrected chi connectivity index (χ4v) is 3.52. The Bertz CT molecular complexity index is 836. The molecular formula is C20H21F4N3O. The number of hydrogen-bond acceptors (Lipinski definition) is 3. The summed E-state index contributed by atoms with van der Waals surface area (Å²) in [4.78, 5) is 17.0. The first kappa shape index (κ1) is 20.1. The Labute approximate surface area is 160 Å². The number of carbonyl (C=O) groups is 1. The lowest BCUT2D eigenvalue weighted by Gasteiger charge is -2.28. The molecule has 2 unspecified atom stereocenters. The van der Waals surface area contributed by atoms with Crippen molar-refractivity contribution in [1.29, 1.82) is 0 Å². The average Bonchev–Trinajstić information content (AvgIpc) is 2.69. The number of carbonyl (C=O) groups excluding carboxylic acids is 1. The zero-order valence-corrected chi connectivity index (χ0v) is 15.3. The molecular weight excluding hydrogens is 374 g/mol. The number of nitrogens with one attached hydrogen (secondary N) is 2. The van der Waals surface area contributed by atoms with Gasteiger partial charge in [-0.15, -0.1) is 0 Å². The molecule has 2 atom stereocenters. The Kier molecular flexibility index (Phi) is 5.86. The Morgan fingerprint density at radius 2 is 1.96 bits per heavy atom. The Morgan fingerprint density at radius 3 is 2.57 bits per heavy atom. The molecule has 1 aliphatic rings. The molecule has 0 bridgehead atoms. The lowest BCUT2D eigenvalue weighted by molar-refractivity contribution is -0.137. The number of aromatic nitrogens is 1. The highest BCUT2D eigenvalue weighted by Crippen LogP contribution is 2.37. The molecule has 0 saturated heterocycles. The molecule has 1 fully saturated rings. The van der Waals surface area contributed by atoms with Crippen LogP contribution in [0.5, 0.6) is 0 Å². The summed E-state index contributed by atoms with van der Waals surface area (Å²) < 4.78 is 51.9. The van der Waals surface area contributed by atoms with E-state index >= 15 is 0 Å². The third kappa shape index (κ3) is 4.61. The molecule has 3 rings (SSSR count). The van der Waals surface area contributed by atoms with Crippen LogP contribution in [0.2, 0.25) is 0 Å². The van der Waals surface area contributed by atoms with E-state index in [0.717, 1.165) is 36.4 Å². The predicted molar refractivity (Wildman–Crippen MR) is 98.5 cm³/mol. The standard InChI is InChI=1S/C20H21F4N3O/c1-25-15-6-8-17(26-11-15)12-3-2-4-13(9-12)19(28)27-18-7-5-14(10-16(18)21)20(22,23)24/h5-8,10-13,25H,2-4,9H2,1H3,(H,27,28). The number of rotatable bonds is 4. The topological polar surface area (TPSA) is 54.0 Å². The van der Waals surface area contributed by atoms with E-state index in [9.17, 15) is 22.4 Å². The fraction of sp³-hybridized carbons (Fsp3) is 0.400. The zero-order chi connectivity index (χ0) is 20.3. The first-order valence-electron chi connectivity index (χ1n) is 9.09. The van der Waals surface area contributed by atoms with E-state index in [1.165, 1.54) is 0 Å². The molecule has 4 nitrogen and oxygen atoms in total. The van der Waals surface area contributed by atoms with E-state index in [1.54, 1.807) is 13.2 Å². The summed E-state index contributed by atoms with van der Waals surface area (Å²) in [6.07, 6.45) is 0.0591. The average molecular weight is 395 g/mol. The van der Waals surface area contributed by atoms with Gasteiger partial charge in [-0.05, 0) is 49.6 Å². The van der Waals surface area contributed by atoms with Crippen LogP contribution in [0.25, 0.3) is 0 Å². The van der Waals surface area contributed by atoms with E-state index in [2.05, 4.69) is 15.6 Å². The zero-order valence-electron chi connectivity index (χ0n) is 15.3. The van der Waals surface area contributed by atoms with Crippen LogP contribution < -0.4 is 10.6 Å². The maximum Gasteiger partial charge on any atom is 0.416 e. The summed E-state index contributed by atoms with van der Waals surface area (Å²) in [7, 11) is 1.80. The number of benzene rings is 1. The van der Waals surface area contributed by atoms with Crippen LogP contribution in [0.3, 0.4) is 0 Å². The second kappa shape index (κ2) is 8.16. The van der Waals surface area contributed by atoms with Gasteiger partial charge in [0.1, 0.15) is 5.82 Å². The van der Waals surface area contributed by atoms with Crippen molar-refractivity contribution in [3.05, 3.63) is 53.6 Å². The molecule has 0 spiro atoms. The Balaban J connectivity index is 1.67. The maximum atomic E-state index is 14.0. The predicted octanol–water partition coefficient (Wildman–Crippen LogP) is 5.19. The van der Waals surface area contributed by atoms with Gasteiger partial charge in [-0.1, -0.05) is 6.42 Å². The van der Waals surface area contributed by atoms with Gasteiger partial charge in [0, 0.05) is 24.6 Å². The summed E-state index contributed by atoms with van der Waals surface area (Å²) in [6, 6.07) is 5.95. The van der Waals surface area contributed by atoms with Gasteiger partial charge in [0.25, 0.3) is 0 Å². The van der Waals surface area contributed by atoms with E-state index < -0.39 is 17.6 Å². The van der Waals surface area contributed by atoms with Gasteiger partial charge in [0.15, 0.2) is 0 Å². The maximum absolute atomic E-state index is 14.0. The summed E-state index contributed by atoms with van der Waals surface area (Å²) in [6.45, 7) is 0. The van der Waals surface area contributed by atoms with Gasteiger partial charge < -0.3 is 10.6 Å². The molecule has 2 aromatic rings. The number of halogens is 4. The first-order valence-corrected chi connectivity index (χ1v) is 9.09. The van der Waals surface area contributed by atoms with Crippen LogP contribution in [0.1, 0.15) is 42.9 Å². The van der Waals surface area contributed by atoms with Crippen molar-refractivity contribution in [2.24, 2.45) is 5.92 Å². The molecule has 1 heterocycles. The molecule has 0 radical (unpaired) electrons. The van der Waals surface area contributed by atoms with Crippen LogP contribution in [0, 0.1) is 11.7 Å². The highest BCUT2D eigenvalue weighted by molar-refractivity contribution is 5.92. The normalized spacial score (nSPS) is 19.9. The van der Waals surface area contributed by atoms with Crippen LogP contribution >= 0.6 is 0 Å². The summed E-state index contributed by atoms with van der Waals surface area (Å²) in [5, 5.41) is 5.43. The number of pyridine rings is 1. The monoisotopic (exact) mass is 395 g/mol. The van der Waals surface area contributed by atoms with Gasteiger partial charge in [-0.2, -0.15) is 13.2 Å². The number of nitrogens with zero attached hydrogens (tertiary/aromatic N) is 1. The third-order valence-corrected chi connectivity index (χ3v) is 5.09. The van der Waals surface area contributed by atoms with Crippen molar-refractivity contribution < 1.29 is 22.4 Å². The minimum atomic E-state index is -4.63. The molecule has 1 aromatic heterocycles. The molecule has 1 amide bonds. The number of hydrogen-bond donors (Lipinski definition) is 2. The van der Waals surface area contributed by atoms with E-state index in [1.807, 2.05) is 12.1 Å². The van der Waals surface area contributed by atoms with Gasteiger partial charge in [0.2, 0.25) is 5.91 Å². The van der Waals surface area contributed by atoms with Crippen molar-refractivity contribution in [3.8, 4) is 0 Å². The minimum absolute atomic E-state index is 0.118. The highest BCUT2D eigenvalue weighted by Gasteiger charge is 2.32. The van der Waals surface area contributed by atoms with Crippen LogP contribution in [0.15, 0.2) is 36.5 Å². The molecule has 2 N–H and O–H groups in total. The largest absolute Gasteiger partial charge is 0.416 e. The van der Waals surface area contributed by atoms with E-state index in [-0.39, 0.29) is 23.4 Å². The molecule has 1 aromatic carbocycles. The highest BCUT2D eigenvalue weighted by atomic mass is 19.4. The van der Waals surface area contributed by atoms with E-state index in [4.69, 9.17) is 0 Å². The number of amides is 1. The SMILES string of the molecule is CNc1ccc(C2CCCC(C(=O)Nc3ccc(C(F)(F)F)cc3F)C2)nc1. The van der Waals surface area contributed by atoms with Crippen molar-refractivity contribution in [3.63, 3.8) is 0 Å². The quantitative estimate of drug-likeness (QED) is 0.700. The van der Waals surface area contributed by atoms with Crippen molar-refractivity contribution in [2.45, 2.75) is 37.8 Å². The van der Waals surface area contributed by atoms with Crippen LogP contribution in [-0.4, -0.2) is 17.9 Å². The third-order valence-electron chi connectivity index (χ3n) is 5.09. The second-order valence-corrected chi connectivity index (χ2v) is 6.96. The van der Waals surface area contributed by atoms with Gasteiger partial charge in [-0.25, -0.2) is 4.39 Å². The van der Waals surface area contributed by atoms with Crippen molar-refractivity contribution in [2.75, 3.05) is 17.7 Å². The summed E-state index contributed by atoms with van der Waals surface area (Å²) in [5.41, 5.74) is 0.470. The van der Waals surface area contributed by atoms with Crippen LogP contribution in [0.4, 0.5) is 28.9 Å². The molecule has 1 saturated carbocycles. The molecule has 8 heteroatoms. The molecule has 0 aliphatic heterocycles. The van der Waals surface area contributed by atoms with Gasteiger partial charge in [-0.3, -0.25) is 9.78 Å². The van der Waals surface area contributed by atoms with Crippen LogP contribution in [-0.2, 0) is 11.0 Å². The molecule has 150 valence electrons. The first-order chi connectivity index (χ1) is 13.3. The fourth-order valence-electron chi connectivity index (χ4n) is 3.52. The lowest BCUT2D eigenvalue weighted by atomic mass is 9.79. The smallest absolute Gasteiger partial charge is 0.387 e. The van der Waals surface area contributed by atoms with Gasteiger partial charge >= 0.3 is 6.18 Å². The molecule has 28 heavy (non-hydrogen) atoms. The number of alkyl halides is 3. The summed E-state index contributed by atoms with van der Waals surface area (Å²) in [5.74, 6) is -1.70. The van der Waals surface area contributed by atoms with E-state index in [0.29, 0.717) is 18.9 Å². The van der Waals surface area contributed by atoms with Crippen molar-refractivity contribution in [1.82, 2.24) is 4.98 Å². The Hall–Kier alpha value is -2.64. The summed E-state index contributed by atoms with van der Waals surface area (Å²) >= 11 is 0. The minimum Gasteiger partial charge on any atom is -0.387 e. The van der Waals surface area contributed by atoms with Gasteiger partial charge in [0.05, 0.1) is 23.1 Å². The lowest BCUT2D eigenvalue weighted by Crippen LogP contribution is -2.28. The Morgan fingerprint density at radius 1 is 1.18 bits per heavy atom. The molecule has 1 aliphatic carbocycles. The number of anilines is 2. The van der Waals surface area contributed by atoms with Crippen molar-refractivity contribution >= 4 is 17.3 Å². The second-order valence-electron chi connectivity index (χ2n) is 6.96.